The molecule has 2 saturated heterocycles. The molecule has 1 aromatic carbocycles. The molecule has 2 fully saturated rings. The molecule has 168 valence electrons. The minimum Gasteiger partial charge on any atom is -0.497 e. The van der Waals surface area contributed by atoms with Crippen LogP contribution < -0.4 is 15.0 Å². The molecule has 0 spiro atoms. The Morgan fingerprint density at radius 1 is 1.06 bits per heavy atom. The van der Waals surface area contributed by atoms with Crippen molar-refractivity contribution in [3.05, 3.63) is 42.2 Å². The van der Waals surface area contributed by atoms with Gasteiger partial charge in [-0.3, -0.25) is 4.79 Å². The van der Waals surface area contributed by atoms with Crippen LogP contribution in [0.1, 0.15) is 36.2 Å². The molecule has 9 heteroatoms. The second-order valence-electron chi connectivity index (χ2n) is 8.22. The Balaban J connectivity index is 1.36. The number of hydrogen-bond donors (Lipinski definition) is 1. The molecule has 0 unspecified atom stereocenters. The summed E-state index contributed by atoms with van der Waals surface area (Å²) in [7, 11) is -0.167. The van der Waals surface area contributed by atoms with Crippen LogP contribution in [0.4, 0.5) is 5.69 Å². The van der Waals surface area contributed by atoms with Crippen LogP contribution in [0, 0.1) is 0 Å². The van der Waals surface area contributed by atoms with Crippen LogP contribution >= 0.6 is 0 Å². The largest absolute Gasteiger partial charge is 0.497 e. The van der Waals surface area contributed by atoms with Crippen molar-refractivity contribution in [2.45, 2.75) is 36.6 Å². The third-order valence-corrected chi connectivity index (χ3v) is 8.05. The SMILES string of the molecule is COc1ccc(N2CCC(NC(=O)c3cc(S(=O)(=O)N4CCCC4)cn3C)CC2)cc1. The zero-order valence-electron chi connectivity index (χ0n) is 18.1. The van der Waals surface area contributed by atoms with Gasteiger partial charge in [-0.15, -0.1) is 0 Å². The standard InChI is InChI=1S/C22H30N4O4S/c1-24-16-20(31(28,29)26-11-3-4-12-26)15-21(24)22(27)23-17-9-13-25(14-10-17)18-5-7-19(30-2)8-6-18/h5-8,15-17H,3-4,9-14H2,1-2H3,(H,23,27). The molecule has 2 aliphatic heterocycles. The first-order chi connectivity index (χ1) is 14.9. The van der Waals surface area contributed by atoms with Gasteiger partial charge in [-0.25, -0.2) is 8.42 Å². The van der Waals surface area contributed by atoms with Crippen molar-refractivity contribution in [2.24, 2.45) is 7.05 Å². The van der Waals surface area contributed by atoms with Crippen molar-refractivity contribution in [1.29, 1.82) is 0 Å². The normalized spacial score (nSPS) is 18.3. The summed E-state index contributed by atoms with van der Waals surface area (Å²) < 4.78 is 33.9. The molecule has 1 N–H and O–H groups in total. The van der Waals surface area contributed by atoms with E-state index in [0.717, 1.165) is 50.2 Å². The van der Waals surface area contributed by atoms with Gasteiger partial charge in [-0.2, -0.15) is 4.31 Å². The molecule has 0 saturated carbocycles. The summed E-state index contributed by atoms with van der Waals surface area (Å²) in [5, 5.41) is 3.09. The molecular weight excluding hydrogens is 416 g/mol. The highest BCUT2D eigenvalue weighted by atomic mass is 32.2. The predicted molar refractivity (Wildman–Crippen MR) is 119 cm³/mol. The number of benzene rings is 1. The molecule has 31 heavy (non-hydrogen) atoms. The van der Waals surface area contributed by atoms with Gasteiger partial charge in [-0.1, -0.05) is 0 Å². The molecule has 1 amide bonds. The van der Waals surface area contributed by atoms with Gasteiger partial charge in [0.15, 0.2) is 0 Å². The third kappa shape index (κ3) is 4.57. The maximum absolute atomic E-state index is 12.8. The number of anilines is 1. The number of aromatic nitrogens is 1. The van der Waals surface area contributed by atoms with E-state index in [4.69, 9.17) is 4.74 Å². The monoisotopic (exact) mass is 446 g/mol. The van der Waals surface area contributed by atoms with E-state index in [0.29, 0.717) is 18.8 Å². The Morgan fingerprint density at radius 2 is 1.71 bits per heavy atom. The molecule has 0 aliphatic carbocycles. The van der Waals surface area contributed by atoms with Crippen LogP contribution in [-0.2, 0) is 17.1 Å². The fourth-order valence-corrected chi connectivity index (χ4v) is 5.90. The number of sulfonamides is 1. The van der Waals surface area contributed by atoms with Crippen molar-refractivity contribution in [3.8, 4) is 5.75 Å². The van der Waals surface area contributed by atoms with Gasteiger partial charge < -0.3 is 19.5 Å². The first kappa shape index (κ1) is 21.7. The van der Waals surface area contributed by atoms with Crippen LogP contribution in [0.2, 0.25) is 0 Å². The van der Waals surface area contributed by atoms with Gasteiger partial charge in [0.1, 0.15) is 16.3 Å². The van der Waals surface area contributed by atoms with E-state index in [1.807, 2.05) is 24.3 Å². The minimum atomic E-state index is -3.53. The van der Waals surface area contributed by atoms with Crippen LogP contribution in [0.3, 0.4) is 0 Å². The maximum atomic E-state index is 12.8. The molecular formula is C22H30N4O4S. The first-order valence-electron chi connectivity index (χ1n) is 10.7. The van der Waals surface area contributed by atoms with Crippen molar-refractivity contribution in [3.63, 3.8) is 0 Å². The fourth-order valence-electron chi connectivity index (χ4n) is 4.31. The maximum Gasteiger partial charge on any atom is 0.268 e. The van der Waals surface area contributed by atoms with E-state index in [2.05, 4.69) is 10.2 Å². The van der Waals surface area contributed by atoms with Gasteiger partial charge in [0.05, 0.1) is 7.11 Å². The van der Waals surface area contributed by atoms with E-state index >= 15 is 0 Å². The van der Waals surface area contributed by atoms with Crippen LogP contribution in [-0.4, -0.2) is 62.5 Å². The van der Waals surface area contributed by atoms with E-state index in [-0.39, 0.29) is 16.8 Å². The van der Waals surface area contributed by atoms with Crippen LogP contribution in [0.5, 0.6) is 5.75 Å². The summed E-state index contributed by atoms with van der Waals surface area (Å²) in [5.41, 5.74) is 1.51. The Labute approximate surface area is 183 Å². The summed E-state index contributed by atoms with van der Waals surface area (Å²) in [5.74, 6) is 0.604. The Morgan fingerprint density at radius 3 is 2.32 bits per heavy atom. The zero-order valence-corrected chi connectivity index (χ0v) is 18.9. The number of nitrogens with zero attached hydrogens (tertiary/aromatic N) is 3. The number of piperidine rings is 1. The average Bonchev–Trinajstić information content (AvgIpc) is 3.45. The number of ether oxygens (including phenoxy) is 1. The number of carbonyl (C=O) groups excluding carboxylic acids is 1. The predicted octanol–water partition coefficient (Wildman–Crippen LogP) is 2.22. The van der Waals surface area contributed by atoms with Crippen molar-refractivity contribution < 1.29 is 17.9 Å². The summed E-state index contributed by atoms with van der Waals surface area (Å²) in [4.78, 5) is 15.3. The summed E-state index contributed by atoms with van der Waals surface area (Å²) in [6.45, 7) is 2.79. The lowest BCUT2D eigenvalue weighted by Gasteiger charge is -2.34. The van der Waals surface area contributed by atoms with E-state index in [1.165, 1.54) is 16.6 Å². The number of rotatable bonds is 6. The molecule has 8 nitrogen and oxygen atoms in total. The molecule has 2 aliphatic rings. The Kier molecular flexibility index (Phi) is 6.24. The first-order valence-corrected chi connectivity index (χ1v) is 12.2. The Bertz CT molecular complexity index is 1020. The summed E-state index contributed by atoms with van der Waals surface area (Å²) in [6.07, 6.45) is 4.97. The van der Waals surface area contributed by atoms with Gasteiger partial charge in [0.2, 0.25) is 10.0 Å². The average molecular weight is 447 g/mol. The molecule has 0 radical (unpaired) electrons. The fraction of sp³-hybridized carbons (Fsp3) is 0.500. The highest BCUT2D eigenvalue weighted by molar-refractivity contribution is 7.89. The summed E-state index contributed by atoms with van der Waals surface area (Å²) >= 11 is 0. The van der Waals surface area contributed by atoms with E-state index in [9.17, 15) is 13.2 Å². The third-order valence-electron chi connectivity index (χ3n) is 6.18. The number of hydrogen-bond acceptors (Lipinski definition) is 5. The van der Waals surface area contributed by atoms with Crippen LogP contribution in [0.15, 0.2) is 41.4 Å². The number of amides is 1. The number of aryl methyl sites for hydroxylation is 1. The van der Waals surface area contributed by atoms with Gasteiger partial charge >= 0.3 is 0 Å². The lowest BCUT2D eigenvalue weighted by atomic mass is 10.0. The number of methoxy groups -OCH3 is 1. The van der Waals surface area contributed by atoms with E-state index < -0.39 is 10.0 Å². The molecule has 4 rings (SSSR count). The smallest absolute Gasteiger partial charge is 0.268 e. The lowest BCUT2D eigenvalue weighted by Crippen LogP contribution is -2.45. The van der Waals surface area contributed by atoms with Crippen molar-refractivity contribution in [1.82, 2.24) is 14.2 Å². The van der Waals surface area contributed by atoms with E-state index in [1.54, 1.807) is 18.7 Å². The van der Waals surface area contributed by atoms with Crippen LogP contribution in [0.25, 0.3) is 0 Å². The quantitative estimate of drug-likeness (QED) is 0.736. The minimum absolute atomic E-state index is 0.0653. The molecule has 3 heterocycles. The van der Waals surface area contributed by atoms with Crippen molar-refractivity contribution >= 4 is 21.6 Å². The van der Waals surface area contributed by atoms with Gasteiger partial charge in [0, 0.05) is 51.2 Å². The second-order valence-corrected chi connectivity index (χ2v) is 10.2. The molecule has 2 aromatic rings. The second kappa shape index (κ2) is 8.92. The van der Waals surface area contributed by atoms with Crippen molar-refractivity contribution in [2.75, 3.05) is 38.2 Å². The number of nitrogens with one attached hydrogen (secondary N) is 1. The zero-order chi connectivity index (χ0) is 22.0. The Hall–Kier alpha value is -2.52. The molecule has 0 atom stereocenters. The molecule has 0 bridgehead atoms. The molecule has 1 aromatic heterocycles. The van der Waals surface area contributed by atoms with Gasteiger partial charge in [0.25, 0.3) is 5.91 Å². The highest BCUT2D eigenvalue weighted by Crippen LogP contribution is 2.24. The highest BCUT2D eigenvalue weighted by Gasteiger charge is 2.30. The topological polar surface area (TPSA) is 83.9 Å². The lowest BCUT2D eigenvalue weighted by molar-refractivity contribution is 0.0923. The van der Waals surface area contributed by atoms with Gasteiger partial charge in [-0.05, 0) is 56.0 Å². The summed E-state index contributed by atoms with van der Waals surface area (Å²) in [6, 6.07) is 9.55. The number of carbonyl (C=O) groups is 1.